The van der Waals surface area contributed by atoms with Crippen molar-refractivity contribution in [3.63, 3.8) is 0 Å². The van der Waals surface area contributed by atoms with Gasteiger partial charge in [0.2, 0.25) is 12.5 Å². The quantitative estimate of drug-likeness (QED) is 0.569. The molecule has 160 valence electrons. The Morgan fingerprint density at radius 1 is 1.43 bits per heavy atom. The van der Waals surface area contributed by atoms with Crippen molar-refractivity contribution >= 4 is 11.5 Å². The van der Waals surface area contributed by atoms with Crippen LogP contribution in [0.25, 0.3) is 5.76 Å². The Morgan fingerprint density at radius 2 is 2.20 bits per heavy atom. The number of carbonyl (C=O) groups excluding carboxylic acids is 1. The first-order valence-corrected chi connectivity index (χ1v) is 10.1. The summed E-state index contributed by atoms with van der Waals surface area (Å²) < 4.78 is 18.6. The molecule has 0 fully saturated rings. The second-order valence-corrected chi connectivity index (χ2v) is 7.98. The van der Waals surface area contributed by atoms with Crippen molar-refractivity contribution in [3.05, 3.63) is 40.2 Å². The Morgan fingerprint density at radius 3 is 2.87 bits per heavy atom. The minimum Gasteiger partial charge on any atom is -0.507 e. The zero-order valence-corrected chi connectivity index (χ0v) is 18.0. The molecule has 2 atom stereocenters. The van der Waals surface area contributed by atoms with Gasteiger partial charge in [-0.2, -0.15) is 5.10 Å². The highest BCUT2D eigenvalue weighted by molar-refractivity contribution is 5.96. The van der Waals surface area contributed by atoms with Crippen molar-refractivity contribution < 1.29 is 29.0 Å². The van der Waals surface area contributed by atoms with Gasteiger partial charge < -0.3 is 24.2 Å². The van der Waals surface area contributed by atoms with E-state index in [9.17, 15) is 9.90 Å². The van der Waals surface area contributed by atoms with E-state index in [0.717, 1.165) is 29.8 Å². The molecule has 2 aromatic rings. The summed E-state index contributed by atoms with van der Waals surface area (Å²) in [7, 11) is 5.50. The molecule has 3 heterocycles. The molecule has 2 aliphatic rings. The summed E-state index contributed by atoms with van der Waals surface area (Å²) in [5, 5.41) is 14.9. The molecule has 1 unspecified atom stereocenters. The van der Waals surface area contributed by atoms with Crippen molar-refractivity contribution in [2.45, 2.75) is 32.7 Å². The maximum Gasteiger partial charge on any atom is 0.231 e. The minimum absolute atomic E-state index is 0.0468. The number of aliphatic hydroxyl groups is 1. The first-order valence-electron chi connectivity index (χ1n) is 10.1. The number of ketones is 1. The topological polar surface area (TPSA) is 87.2 Å². The van der Waals surface area contributed by atoms with Gasteiger partial charge in [-0.05, 0) is 25.5 Å². The normalized spacial score (nSPS) is 20.2. The van der Waals surface area contributed by atoms with Gasteiger partial charge in [0.25, 0.3) is 0 Å². The average molecular weight is 414 g/mol. The van der Waals surface area contributed by atoms with Gasteiger partial charge in [0, 0.05) is 25.2 Å². The number of fused-ring (bicyclic) bond motifs is 2. The summed E-state index contributed by atoms with van der Waals surface area (Å²) >= 11 is 0. The van der Waals surface area contributed by atoms with Crippen LogP contribution in [0.5, 0.6) is 17.2 Å². The molecule has 8 nitrogen and oxygen atoms in total. The molecule has 1 aromatic heterocycles. The maximum atomic E-state index is 12.9. The number of aryl methyl sites for hydroxylation is 2. The summed E-state index contributed by atoms with van der Waals surface area (Å²) in [6.45, 7) is 4.75. The van der Waals surface area contributed by atoms with Gasteiger partial charge in [0.05, 0.1) is 43.9 Å². The Kier molecular flexibility index (Phi) is 5.19. The van der Waals surface area contributed by atoms with Crippen LogP contribution in [-0.4, -0.2) is 48.2 Å². The van der Waals surface area contributed by atoms with Crippen LogP contribution < -0.4 is 19.1 Å². The van der Waals surface area contributed by atoms with Crippen LogP contribution >= 0.6 is 0 Å². The van der Waals surface area contributed by atoms with E-state index in [4.69, 9.17) is 14.2 Å². The highest BCUT2D eigenvalue weighted by atomic mass is 16.7. The van der Waals surface area contributed by atoms with Crippen molar-refractivity contribution in [3.8, 4) is 17.2 Å². The van der Waals surface area contributed by atoms with E-state index < -0.39 is 0 Å². The molecule has 0 saturated heterocycles. The lowest BCUT2D eigenvalue weighted by Gasteiger charge is -2.32. The summed E-state index contributed by atoms with van der Waals surface area (Å²) in [4.78, 5) is 14.2. The van der Waals surface area contributed by atoms with E-state index >= 15 is 0 Å². The maximum absolute atomic E-state index is 12.9. The molecule has 2 aliphatic heterocycles. The number of hydrogen-bond acceptors (Lipinski definition) is 6. The number of nitrogens with zero attached hydrogens (tertiary/aromatic N) is 2. The lowest BCUT2D eigenvalue weighted by molar-refractivity contribution is -0.914. The van der Waals surface area contributed by atoms with E-state index in [1.54, 1.807) is 11.8 Å². The molecule has 0 amide bonds. The second kappa shape index (κ2) is 7.68. The predicted molar refractivity (Wildman–Crippen MR) is 110 cm³/mol. The summed E-state index contributed by atoms with van der Waals surface area (Å²) in [6, 6.07) is 1.89. The Hall–Kier alpha value is -3.00. The fourth-order valence-electron chi connectivity index (χ4n) is 4.53. The number of allylic oxidation sites excluding steroid dienone is 1. The van der Waals surface area contributed by atoms with Gasteiger partial charge in [-0.15, -0.1) is 0 Å². The smallest absolute Gasteiger partial charge is 0.231 e. The highest BCUT2D eigenvalue weighted by Crippen LogP contribution is 2.47. The number of methoxy groups -OCH3 is 1. The van der Waals surface area contributed by atoms with Crippen molar-refractivity contribution in [2.24, 2.45) is 7.05 Å². The predicted octanol–water partition coefficient (Wildman–Crippen LogP) is 1.44. The summed E-state index contributed by atoms with van der Waals surface area (Å²) in [6.07, 6.45) is 2.43. The third-order valence-electron chi connectivity index (χ3n) is 6.15. The van der Waals surface area contributed by atoms with E-state index in [-0.39, 0.29) is 30.8 Å². The van der Waals surface area contributed by atoms with E-state index in [1.807, 2.05) is 27.0 Å². The molecule has 2 N–H and O–H groups in total. The number of aromatic nitrogens is 2. The number of quaternary nitrogens is 1. The SMILES string of the molecule is COc1c2c(cc3c1[C@H](CC(=O)/C=C(\O)c1c(C)nn(C)c1C)[NH+](C)CC3)OCO2. The summed E-state index contributed by atoms with van der Waals surface area (Å²) in [5.74, 6) is 1.74. The van der Waals surface area contributed by atoms with Crippen LogP contribution in [0.2, 0.25) is 0 Å². The van der Waals surface area contributed by atoms with Crippen LogP contribution in [0.1, 0.15) is 40.5 Å². The van der Waals surface area contributed by atoms with E-state index in [0.29, 0.717) is 28.5 Å². The largest absolute Gasteiger partial charge is 0.507 e. The minimum atomic E-state index is -0.146. The molecule has 30 heavy (non-hydrogen) atoms. The van der Waals surface area contributed by atoms with Gasteiger partial charge in [-0.3, -0.25) is 9.48 Å². The first-order chi connectivity index (χ1) is 14.3. The fraction of sp³-hybridized carbons (Fsp3) is 0.455. The first kappa shape index (κ1) is 20.3. The van der Waals surface area contributed by atoms with Crippen LogP contribution in [0.4, 0.5) is 0 Å². The standard InChI is InChI=1S/C22H27N3O5/c1-12-19(13(2)25(4)23-12)17(27)10-15(26)9-16-20-14(6-7-24(16)3)8-18-21(22(20)28-5)30-11-29-18/h8,10,16,27H,6-7,9,11H2,1-5H3/p+1/b17-10-/t16-/m0/s1. The Labute approximate surface area is 175 Å². The summed E-state index contributed by atoms with van der Waals surface area (Å²) in [5.41, 5.74) is 4.22. The van der Waals surface area contributed by atoms with Gasteiger partial charge >= 0.3 is 0 Å². The third kappa shape index (κ3) is 3.31. The molecular formula is C22H28N3O5+. The number of nitrogens with one attached hydrogen (secondary N) is 1. The third-order valence-corrected chi connectivity index (χ3v) is 6.15. The van der Waals surface area contributed by atoms with Gasteiger partial charge in [-0.25, -0.2) is 0 Å². The second-order valence-electron chi connectivity index (χ2n) is 7.98. The Bertz CT molecular complexity index is 1040. The number of aliphatic hydroxyl groups excluding tert-OH is 1. The molecular weight excluding hydrogens is 386 g/mol. The molecule has 0 radical (unpaired) electrons. The van der Waals surface area contributed by atoms with Crippen molar-refractivity contribution in [1.29, 1.82) is 0 Å². The molecule has 0 saturated carbocycles. The van der Waals surface area contributed by atoms with E-state index in [1.165, 1.54) is 11.0 Å². The number of benzene rings is 1. The number of rotatable bonds is 5. The number of likely N-dealkylation sites (N-methyl/N-ethyl adjacent to an activating group) is 1. The molecule has 1 aromatic carbocycles. The van der Waals surface area contributed by atoms with Crippen LogP contribution in [0, 0.1) is 13.8 Å². The monoisotopic (exact) mass is 414 g/mol. The lowest BCUT2D eigenvalue weighted by Crippen LogP contribution is -3.10. The van der Waals surface area contributed by atoms with Crippen LogP contribution in [-0.2, 0) is 18.3 Å². The zero-order valence-electron chi connectivity index (χ0n) is 18.0. The molecule has 4 rings (SSSR count). The molecule has 0 aliphatic carbocycles. The van der Waals surface area contributed by atoms with Gasteiger partial charge in [0.15, 0.2) is 17.3 Å². The van der Waals surface area contributed by atoms with E-state index in [2.05, 4.69) is 12.1 Å². The molecule has 0 bridgehead atoms. The van der Waals surface area contributed by atoms with Crippen LogP contribution in [0.15, 0.2) is 12.1 Å². The lowest BCUT2D eigenvalue weighted by atomic mass is 9.88. The van der Waals surface area contributed by atoms with Gasteiger partial charge in [-0.1, -0.05) is 0 Å². The number of hydrogen-bond donors (Lipinski definition) is 2. The van der Waals surface area contributed by atoms with Crippen molar-refractivity contribution in [1.82, 2.24) is 9.78 Å². The molecule has 0 spiro atoms. The van der Waals surface area contributed by atoms with Gasteiger partial charge in [0.1, 0.15) is 11.8 Å². The fourth-order valence-corrected chi connectivity index (χ4v) is 4.53. The average Bonchev–Trinajstić information content (AvgIpc) is 3.26. The Balaban J connectivity index is 1.66. The number of ether oxygens (including phenoxy) is 3. The zero-order chi connectivity index (χ0) is 21.6. The number of carbonyl (C=O) groups is 1. The molecule has 8 heteroatoms. The highest BCUT2D eigenvalue weighted by Gasteiger charge is 2.37. The van der Waals surface area contributed by atoms with Crippen molar-refractivity contribution in [2.75, 3.05) is 27.5 Å². The van der Waals surface area contributed by atoms with Crippen LogP contribution in [0.3, 0.4) is 0 Å².